The number of rotatable bonds is 7. The Kier molecular flexibility index (Phi) is 6.78. The van der Waals surface area contributed by atoms with E-state index in [0.717, 1.165) is 0 Å². The lowest BCUT2D eigenvalue weighted by molar-refractivity contribution is 0.103. The zero-order valence-corrected chi connectivity index (χ0v) is 19.4. The number of carbonyl (C=O) groups excluding carboxylic acids is 1. The number of anilines is 2. The summed E-state index contributed by atoms with van der Waals surface area (Å²) in [7, 11) is -3.75. The lowest BCUT2D eigenvalue weighted by Crippen LogP contribution is -2.36. The third kappa shape index (κ3) is 5.07. The number of ketones is 1. The van der Waals surface area contributed by atoms with Gasteiger partial charge in [-0.15, -0.1) is 0 Å². The number of fused-ring (bicyclic) bond motifs is 1. The van der Waals surface area contributed by atoms with Gasteiger partial charge in [0.2, 0.25) is 10.0 Å². The van der Waals surface area contributed by atoms with Crippen molar-refractivity contribution in [3.8, 4) is 0 Å². The van der Waals surface area contributed by atoms with Crippen molar-refractivity contribution in [3.05, 3.63) is 58.5 Å². The van der Waals surface area contributed by atoms with Gasteiger partial charge in [-0.2, -0.15) is 0 Å². The molecule has 0 saturated carbocycles. The summed E-state index contributed by atoms with van der Waals surface area (Å²) < 4.78 is 46.9. The van der Waals surface area contributed by atoms with Crippen LogP contribution in [0.3, 0.4) is 0 Å². The molecule has 1 aliphatic rings. The lowest BCUT2D eigenvalue weighted by Gasteiger charge is -2.27. The van der Waals surface area contributed by atoms with Crippen LogP contribution in [-0.4, -0.2) is 56.2 Å². The second kappa shape index (κ2) is 9.58. The first kappa shape index (κ1) is 23.3. The molecule has 0 aliphatic carbocycles. The van der Waals surface area contributed by atoms with Gasteiger partial charge in [-0.3, -0.25) is 14.5 Å². The third-order valence-corrected chi connectivity index (χ3v) is 6.97. The second-order valence-corrected chi connectivity index (χ2v) is 9.81. The number of hydrogen-bond donors (Lipinski definition) is 1. The van der Waals surface area contributed by atoms with Crippen LogP contribution in [0, 0.1) is 5.82 Å². The van der Waals surface area contributed by atoms with E-state index in [0.29, 0.717) is 49.6 Å². The summed E-state index contributed by atoms with van der Waals surface area (Å²) in [5, 5.41) is -0.121. The molecule has 0 unspecified atom stereocenters. The molecule has 2 heterocycles. The predicted octanol–water partition coefficient (Wildman–Crippen LogP) is 3.64. The van der Waals surface area contributed by atoms with E-state index in [1.807, 2.05) is 4.90 Å². The highest BCUT2D eigenvalue weighted by molar-refractivity contribution is 7.92. The smallest absolute Gasteiger partial charge is 0.232 e. The number of nitrogens with one attached hydrogen (secondary N) is 1. The van der Waals surface area contributed by atoms with Crippen molar-refractivity contribution in [2.45, 2.75) is 13.3 Å². The zero-order valence-electron chi connectivity index (χ0n) is 17.8. The normalized spacial score (nSPS) is 14.5. The fourth-order valence-electron chi connectivity index (χ4n) is 3.56. The first-order valence-electron chi connectivity index (χ1n) is 10.4. The molecule has 8 nitrogen and oxygen atoms in total. The van der Waals surface area contributed by atoms with Crippen LogP contribution in [0.25, 0.3) is 11.0 Å². The molecule has 2 aromatic carbocycles. The fourth-order valence-corrected chi connectivity index (χ4v) is 4.92. The number of nitrogens with zero attached hydrogens (tertiary/aromatic N) is 3. The third-order valence-electron chi connectivity index (χ3n) is 5.18. The summed E-state index contributed by atoms with van der Waals surface area (Å²) in [5.74, 6) is -1.23. The van der Waals surface area contributed by atoms with Crippen LogP contribution < -0.4 is 9.62 Å². The molecule has 4 rings (SSSR count). The summed E-state index contributed by atoms with van der Waals surface area (Å²) in [5.41, 5.74) is 0.471. The van der Waals surface area contributed by atoms with Gasteiger partial charge in [0.15, 0.2) is 11.6 Å². The molecule has 3 aromatic rings. The highest BCUT2D eigenvalue weighted by Crippen LogP contribution is 2.29. The van der Waals surface area contributed by atoms with Gasteiger partial charge in [-0.25, -0.2) is 17.8 Å². The van der Waals surface area contributed by atoms with E-state index in [1.54, 1.807) is 19.2 Å². The quantitative estimate of drug-likeness (QED) is 0.502. The molecule has 0 bridgehead atoms. The predicted molar refractivity (Wildman–Crippen MR) is 125 cm³/mol. The number of hydrogen-bond acceptors (Lipinski definition) is 7. The molecule has 0 radical (unpaired) electrons. The average molecular weight is 493 g/mol. The Hall–Kier alpha value is -2.82. The SMILES string of the molecule is CCCS(=O)(=O)Nc1ccc(Cl)c(C(=O)c2ccc3ncc(N4CCOCC4)nc3c2)c1F. The van der Waals surface area contributed by atoms with Crippen molar-refractivity contribution in [3.63, 3.8) is 0 Å². The summed E-state index contributed by atoms with van der Waals surface area (Å²) >= 11 is 6.14. The molecule has 0 amide bonds. The van der Waals surface area contributed by atoms with Crippen LogP contribution in [0.2, 0.25) is 5.02 Å². The van der Waals surface area contributed by atoms with Crippen molar-refractivity contribution in [2.24, 2.45) is 0 Å². The number of benzene rings is 2. The van der Waals surface area contributed by atoms with Crippen molar-refractivity contribution < 1.29 is 22.3 Å². The van der Waals surface area contributed by atoms with E-state index in [9.17, 15) is 13.2 Å². The molecular formula is C22H22ClFN4O4S. The maximum atomic E-state index is 15.2. The van der Waals surface area contributed by atoms with Gasteiger partial charge >= 0.3 is 0 Å². The molecule has 0 atom stereocenters. The topological polar surface area (TPSA) is 101 Å². The molecule has 11 heteroatoms. The molecule has 1 fully saturated rings. The Morgan fingerprint density at radius 2 is 1.97 bits per heavy atom. The number of carbonyl (C=O) groups is 1. The Labute approximate surface area is 195 Å². The molecule has 1 saturated heterocycles. The highest BCUT2D eigenvalue weighted by atomic mass is 35.5. The Morgan fingerprint density at radius 3 is 2.70 bits per heavy atom. The van der Waals surface area contributed by atoms with E-state index in [1.165, 1.54) is 24.3 Å². The Bertz CT molecular complexity index is 1310. The first-order valence-corrected chi connectivity index (χ1v) is 12.4. The first-order chi connectivity index (χ1) is 15.8. The average Bonchev–Trinajstić information content (AvgIpc) is 2.80. The zero-order chi connectivity index (χ0) is 23.6. The van der Waals surface area contributed by atoms with Crippen LogP contribution in [0.4, 0.5) is 15.9 Å². The fraction of sp³-hybridized carbons (Fsp3) is 0.318. The van der Waals surface area contributed by atoms with E-state index in [4.69, 9.17) is 16.3 Å². The maximum absolute atomic E-state index is 15.2. The molecular weight excluding hydrogens is 471 g/mol. The molecule has 1 aliphatic heterocycles. The van der Waals surface area contributed by atoms with Gasteiger partial charge < -0.3 is 9.64 Å². The van der Waals surface area contributed by atoms with Crippen molar-refractivity contribution in [1.29, 1.82) is 0 Å². The van der Waals surface area contributed by atoms with E-state index >= 15 is 4.39 Å². The second-order valence-electron chi connectivity index (χ2n) is 7.57. The van der Waals surface area contributed by atoms with Gasteiger partial charge in [-0.1, -0.05) is 18.5 Å². The minimum atomic E-state index is -3.75. The van der Waals surface area contributed by atoms with Gasteiger partial charge in [0.05, 0.1) is 52.5 Å². The van der Waals surface area contributed by atoms with Crippen LogP contribution in [0.1, 0.15) is 29.3 Å². The van der Waals surface area contributed by atoms with Crippen LogP contribution in [0.15, 0.2) is 36.5 Å². The maximum Gasteiger partial charge on any atom is 0.232 e. The lowest BCUT2D eigenvalue weighted by atomic mass is 10.0. The number of halogens is 2. The largest absolute Gasteiger partial charge is 0.378 e. The van der Waals surface area contributed by atoms with Crippen LogP contribution >= 0.6 is 11.6 Å². The number of aromatic nitrogens is 2. The standard InChI is InChI=1S/C22H22ClFN4O4S/c1-2-11-33(30,31)27-17-6-4-15(23)20(21(17)24)22(29)14-3-5-16-18(12-14)26-19(13-25-16)28-7-9-32-10-8-28/h3-6,12-13,27H,2,7-11H2,1H3. The Balaban J connectivity index is 1.69. The molecule has 33 heavy (non-hydrogen) atoms. The molecule has 1 N–H and O–H groups in total. The van der Waals surface area contributed by atoms with Crippen molar-refractivity contribution >= 4 is 49.9 Å². The number of morpholine rings is 1. The minimum Gasteiger partial charge on any atom is -0.378 e. The summed E-state index contributed by atoms with van der Waals surface area (Å²) in [6.45, 7) is 4.24. The van der Waals surface area contributed by atoms with Gasteiger partial charge in [0.1, 0.15) is 5.82 Å². The van der Waals surface area contributed by atoms with Gasteiger partial charge in [0.25, 0.3) is 0 Å². The van der Waals surface area contributed by atoms with Gasteiger partial charge in [-0.05, 0) is 36.8 Å². The number of sulfonamides is 1. The molecule has 174 valence electrons. The minimum absolute atomic E-state index is 0.121. The van der Waals surface area contributed by atoms with E-state index < -0.39 is 27.2 Å². The summed E-state index contributed by atoms with van der Waals surface area (Å²) in [6.07, 6.45) is 2.03. The summed E-state index contributed by atoms with van der Waals surface area (Å²) in [4.78, 5) is 24.2. The van der Waals surface area contributed by atoms with Gasteiger partial charge in [0, 0.05) is 18.7 Å². The highest BCUT2D eigenvalue weighted by Gasteiger charge is 2.23. The van der Waals surface area contributed by atoms with Crippen LogP contribution in [0.5, 0.6) is 0 Å². The Morgan fingerprint density at radius 1 is 1.21 bits per heavy atom. The number of ether oxygens (including phenoxy) is 1. The van der Waals surface area contributed by atoms with E-state index in [2.05, 4.69) is 14.7 Å². The molecule has 1 aromatic heterocycles. The van der Waals surface area contributed by atoms with Crippen LogP contribution in [-0.2, 0) is 14.8 Å². The van der Waals surface area contributed by atoms with E-state index in [-0.39, 0.29) is 22.0 Å². The molecule has 0 spiro atoms. The van der Waals surface area contributed by atoms with Crippen molar-refractivity contribution in [2.75, 3.05) is 41.7 Å². The van der Waals surface area contributed by atoms with Crippen molar-refractivity contribution in [1.82, 2.24) is 9.97 Å². The monoisotopic (exact) mass is 492 g/mol. The summed E-state index contributed by atoms with van der Waals surface area (Å²) in [6, 6.07) is 7.15.